The summed E-state index contributed by atoms with van der Waals surface area (Å²) >= 11 is 0. The Morgan fingerprint density at radius 3 is 2.38 bits per heavy atom. The third-order valence-electron chi connectivity index (χ3n) is 7.95. The first-order valence-corrected chi connectivity index (χ1v) is 13.1. The van der Waals surface area contributed by atoms with Crippen LogP contribution in [0.4, 0.5) is 17.1 Å². The van der Waals surface area contributed by atoms with Crippen molar-refractivity contribution < 1.29 is 0 Å². The summed E-state index contributed by atoms with van der Waals surface area (Å²) in [6.07, 6.45) is 10.9. The summed E-state index contributed by atoms with van der Waals surface area (Å²) in [5.74, 6) is 1.85. The minimum absolute atomic E-state index is 0.583. The van der Waals surface area contributed by atoms with Crippen LogP contribution in [0.2, 0.25) is 0 Å². The highest BCUT2D eigenvalue weighted by Gasteiger charge is 2.32. The molecule has 2 aromatic rings. The maximum Gasteiger partial charge on any atom is 0.239 e. The Labute approximate surface area is 216 Å². The summed E-state index contributed by atoms with van der Waals surface area (Å²) in [5.41, 5.74) is 9.60. The molecule has 0 aromatic heterocycles. The molecule has 186 valence electrons. The van der Waals surface area contributed by atoms with Crippen LogP contribution in [-0.4, -0.2) is 56.1 Å². The minimum Gasteiger partial charge on any atom is -0.388 e. The zero-order valence-corrected chi connectivity index (χ0v) is 21.2. The molecular weight excluding hydrogens is 460 g/mol. The van der Waals surface area contributed by atoms with E-state index < -0.39 is 0 Å². The molecule has 0 atom stereocenters. The summed E-state index contributed by atoms with van der Waals surface area (Å²) in [5, 5.41) is 6.77. The summed E-state index contributed by atoms with van der Waals surface area (Å²) in [4.78, 5) is 23.1. The Kier molecular flexibility index (Phi) is 5.20. The van der Waals surface area contributed by atoms with Crippen LogP contribution >= 0.6 is 0 Å². The molecule has 7 rings (SSSR count). The monoisotopic (exact) mass is 490 g/mol. The van der Waals surface area contributed by atoms with Crippen LogP contribution < -0.4 is 15.5 Å². The summed E-state index contributed by atoms with van der Waals surface area (Å²) in [7, 11) is 3.94. The number of hydrogen-bond acceptors (Lipinski definition) is 8. The molecule has 8 heteroatoms. The first kappa shape index (κ1) is 22.0. The van der Waals surface area contributed by atoms with Gasteiger partial charge in [0.05, 0.1) is 17.1 Å². The van der Waals surface area contributed by atoms with E-state index in [0.29, 0.717) is 17.8 Å². The summed E-state index contributed by atoms with van der Waals surface area (Å²) in [6.45, 7) is 2.23. The lowest BCUT2D eigenvalue weighted by atomic mass is 9.79. The van der Waals surface area contributed by atoms with Crippen molar-refractivity contribution in [2.75, 3.05) is 42.7 Å². The quantitative estimate of drug-likeness (QED) is 0.594. The Bertz CT molecular complexity index is 1400. The van der Waals surface area contributed by atoms with E-state index in [9.17, 15) is 0 Å². The standard InChI is InChI=1S/C29H30N8/c1-30-24-13-19(18-5-3-6-18)7-9-22(24)26-15-21-16-27(35-29-33-17-32-28(34-26)37(21)29)23-10-8-20(14-25(23)31-2)36-11-4-12-36/h7-10,13-18,30-31H,3-6,11-12H2,1-2H3. The number of guanidine groups is 2. The van der Waals surface area contributed by atoms with E-state index in [0.717, 1.165) is 52.7 Å². The first-order chi connectivity index (χ1) is 18.2. The lowest BCUT2D eigenvalue weighted by Crippen LogP contribution is -2.40. The van der Waals surface area contributed by atoms with Crippen LogP contribution in [-0.2, 0) is 0 Å². The van der Waals surface area contributed by atoms with Crippen molar-refractivity contribution in [3.63, 3.8) is 0 Å². The molecule has 2 aromatic carbocycles. The van der Waals surface area contributed by atoms with Crippen molar-refractivity contribution in [1.82, 2.24) is 4.90 Å². The van der Waals surface area contributed by atoms with Gasteiger partial charge in [-0.3, -0.25) is 0 Å². The number of nitrogens with one attached hydrogen (secondary N) is 2. The van der Waals surface area contributed by atoms with E-state index in [1.54, 1.807) is 6.34 Å². The maximum absolute atomic E-state index is 4.91. The average Bonchev–Trinajstić information content (AvgIpc) is 2.86. The van der Waals surface area contributed by atoms with Gasteiger partial charge < -0.3 is 15.5 Å². The molecule has 8 nitrogen and oxygen atoms in total. The molecule has 0 radical (unpaired) electrons. The van der Waals surface area contributed by atoms with Crippen LogP contribution in [0.25, 0.3) is 5.70 Å². The van der Waals surface area contributed by atoms with Gasteiger partial charge in [-0.05, 0) is 67.2 Å². The zero-order chi connectivity index (χ0) is 24.9. The molecule has 0 unspecified atom stereocenters. The van der Waals surface area contributed by atoms with Gasteiger partial charge in [-0.25, -0.2) is 24.9 Å². The number of nitrogens with zero attached hydrogens (tertiary/aromatic N) is 6. The third kappa shape index (κ3) is 3.66. The zero-order valence-electron chi connectivity index (χ0n) is 21.2. The predicted octanol–water partition coefficient (Wildman–Crippen LogP) is 5.04. The summed E-state index contributed by atoms with van der Waals surface area (Å²) in [6, 6.07) is 13.3. The van der Waals surface area contributed by atoms with Crippen LogP contribution in [0, 0.1) is 0 Å². The largest absolute Gasteiger partial charge is 0.388 e. The van der Waals surface area contributed by atoms with E-state index in [2.05, 4.69) is 74.1 Å². The molecule has 2 N–H and O–H groups in total. The van der Waals surface area contributed by atoms with Crippen LogP contribution in [0.3, 0.4) is 0 Å². The fraction of sp³-hybridized carbons (Fsp3) is 0.310. The van der Waals surface area contributed by atoms with E-state index in [1.165, 1.54) is 36.9 Å². The van der Waals surface area contributed by atoms with E-state index in [4.69, 9.17) is 9.98 Å². The lowest BCUT2D eigenvalue weighted by molar-refractivity contribution is 0.420. The molecule has 1 saturated heterocycles. The Morgan fingerprint density at radius 2 is 1.65 bits per heavy atom. The van der Waals surface area contributed by atoms with Gasteiger partial charge in [0.1, 0.15) is 6.34 Å². The summed E-state index contributed by atoms with van der Waals surface area (Å²) < 4.78 is 0. The number of benzene rings is 2. The second-order valence-corrected chi connectivity index (χ2v) is 10.0. The second-order valence-electron chi connectivity index (χ2n) is 10.0. The van der Waals surface area contributed by atoms with Crippen molar-refractivity contribution in [2.45, 2.75) is 31.6 Å². The van der Waals surface area contributed by atoms with Crippen molar-refractivity contribution >= 4 is 46.7 Å². The smallest absolute Gasteiger partial charge is 0.239 e. The van der Waals surface area contributed by atoms with Crippen molar-refractivity contribution in [2.24, 2.45) is 20.0 Å². The fourth-order valence-corrected chi connectivity index (χ4v) is 5.45. The van der Waals surface area contributed by atoms with Crippen molar-refractivity contribution in [1.29, 1.82) is 0 Å². The van der Waals surface area contributed by atoms with Crippen LogP contribution in [0.5, 0.6) is 0 Å². The topological polar surface area (TPSA) is 80.0 Å². The molecule has 5 aliphatic rings. The first-order valence-electron chi connectivity index (χ1n) is 13.1. The number of anilines is 3. The number of hydrogen-bond donors (Lipinski definition) is 2. The highest BCUT2D eigenvalue weighted by Crippen LogP contribution is 2.39. The Morgan fingerprint density at radius 1 is 0.838 bits per heavy atom. The highest BCUT2D eigenvalue weighted by molar-refractivity contribution is 6.23. The normalized spacial score (nSPS) is 20.0. The second kappa shape index (κ2) is 8.73. The van der Waals surface area contributed by atoms with Crippen LogP contribution in [0.15, 0.2) is 74.2 Å². The number of rotatable bonds is 6. The number of aliphatic imine (C=N–C) groups is 4. The molecule has 1 saturated carbocycles. The molecule has 0 amide bonds. The van der Waals surface area contributed by atoms with Gasteiger partial charge in [0, 0.05) is 55.4 Å². The Hall–Kier alpha value is -4.20. The van der Waals surface area contributed by atoms with E-state index >= 15 is 0 Å². The molecule has 37 heavy (non-hydrogen) atoms. The van der Waals surface area contributed by atoms with Gasteiger partial charge in [0.25, 0.3) is 0 Å². The van der Waals surface area contributed by atoms with Gasteiger partial charge in [-0.1, -0.05) is 18.6 Å². The molecular formula is C29H30N8. The molecule has 0 spiro atoms. The fourth-order valence-electron chi connectivity index (χ4n) is 5.45. The van der Waals surface area contributed by atoms with Crippen LogP contribution in [0.1, 0.15) is 48.3 Å². The van der Waals surface area contributed by atoms with E-state index in [1.807, 2.05) is 19.0 Å². The Balaban J connectivity index is 1.29. The van der Waals surface area contributed by atoms with Gasteiger partial charge in [-0.2, -0.15) is 0 Å². The minimum atomic E-state index is 0.583. The highest BCUT2D eigenvalue weighted by atomic mass is 15.4. The third-order valence-corrected chi connectivity index (χ3v) is 7.95. The number of allylic oxidation sites excluding steroid dienone is 2. The SMILES string of the molecule is CNc1cc(N2CCC2)ccc1C1=CC2=CC(c3ccc(C4CCC4)cc3NC)=NC3=NC=NC(=N1)N23. The molecule has 0 bridgehead atoms. The van der Waals surface area contributed by atoms with Crippen molar-refractivity contribution in [3.05, 3.63) is 70.9 Å². The van der Waals surface area contributed by atoms with Gasteiger partial charge in [-0.15, -0.1) is 0 Å². The lowest BCUT2D eigenvalue weighted by Gasteiger charge is -2.34. The van der Waals surface area contributed by atoms with Gasteiger partial charge in [0.15, 0.2) is 0 Å². The molecule has 4 heterocycles. The maximum atomic E-state index is 4.91. The van der Waals surface area contributed by atoms with E-state index in [-0.39, 0.29) is 0 Å². The average molecular weight is 491 g/mol. The van der Waals surface area contributed by atoms with Gasteiger partial charge >= 0.3 is 0 Å². The molecule has 2 fully saturated rings. The van der Waals surface area contributed by atoms with Gasteiger partial charge in [0.2, 0.25) is 11.9 Å². The molecule has 1 aliphatic carbocycles. The molecule has 4 aliphatic heterocycles. The van der Waals surface area contributed by atoms with Crippen molar-refractivity contribution in [3.8, 4) is 0 Å². The predicted molar refractivity (Wildman–Crippen MR) is 153 cm³/mol.